The standard InChI is InChI=1S/C26H34N4O3/c1-16(2)13-21-24(29-26(4,5)6)30-12-11-19(14-22(30)27-21)25(33)28-20(15-23(31)32)18-9-7-17(3)8-10-18/h7-12,14,16,20,29H,13,15H2,1-6H3,(H,28,33)(H,31,32). The van der Waals surface area contributed by atoms with Gasteiger partial charge in [-0.3, -0.25) is 14.0 Å². The number of aromatic nitrogens is 2. The number of hydrogen-bond donors (Lipinski definition) is 3. The molecule has 3 N–H and O–H groups in total. The zero-order chi connectivity index (χ0) is 24.3. The number of carboxylic acid groups (broad SMARTS) is 1. The number of anilines is 1. The van der Waals surface area contributed by atoms with Gasteiger partial charge in [-0.15, -0.1) is 0 Å². The number of benzene rings is 1. The van der Waals surface area contributed by atoms with Crippen LogP contribution in [0.25, 0.3) is 5.65 Å². The van der Waals surface area contributed by atoms with Gasteiger partial charge in [-0.25, -0.2) is 4.98 Å². The van der Waals surface area contributed by atoms with E-state index in [0.717, 1.165) is 29.1 Å². The number of fused-ring (bicyclic) bond motifs is 1. The summed E-state index contributed by atoms with van der Waals surface area (Å²) >= 11 is 0. The quantitative estimate of drug-likeness (QED) is 0.449. The molecule has 3 rings (SSSR count). The van der Waals surface area contributed by atoms with Crippen molar-refractivity contribution in [2.45, 2.75) is 66.0 Å². The molecular weight excluding hydrogens is 416 g/mol. The molecule has 1 aromatic carbocycles. The molecule has 2 heterocycles. The first-order valence-corrected chi connectivity index (χ1v) is 11.3. The lowest BCUT2D eigenvalue weighted by atomic mass is 10.0. The fraction of sp³-hybridized carbons (Fsp3) is 0.423. The zero-order valence-electron chi connectivity index (χ0n) is 20.3. The van der Waals surface area contributed by atoms with Gasteiger partial charge in [0.25, 0.3) is 5.91 Å². The lowest BCUT2D eigenvalue weighted by Gasteiger charge is -2.23. The Bertz CT molecular complexity index is 1140. The Kier molecular flexibility index (Phi) is 7.10. The van der Waals surface area contributed by atoms with Crippen LogP contribution in [0.1, 0.15) is 74.3 Å². The van der Waals surface area contributed by atoms with Crippen LogP contribution in [0, 0.1) is 12.8 Å². The Labute approximate surface area is 195 Å². The number of imidazole rings is 1. The zero-order valence-corrected chi connectivity index (χ0v) is 20.3. The largest absolute Gasteiger partial charge is 0.481 e. The molecule has 176 valence electrons. The van der Waals surface area contributed by atoms with Gasteiger partial charge in [-0.05, 0) is 57.7 Å². The third kappa shape index (κ3) is 6.34. The smallest absolute Gasteiger partial charge is 0.305 e. The van der Waals surface area contributed by atoms with Gasteiger partial charge in [0.2, 0.25) is 0 Å². The van der Waals surface area contributed by atoms with Crippen LogP contribution in [-0.2, 0) is 11.2 Å². The second-order valence-corrected chi connectivity index (χ2v) is 10.1. The average molecular weight is 451 g/mol. The minimum atomic E-state index is -0.971. The number of rotatable bonds is 8. The monoisotopic (exact) mass is 450 g/mol. The van der Waals surface area contributed by atoms with Crippen LogP contribution in [0.3, 0.4) is 0 Å². The van der Waals surface area contributed by atoms with Crippen LogP contribution in [0.4, 0.5) is 5.82 Å². The van der Waals surface area contributed by atoms with E-state index in [1.807, 2.05) is 41.8 Å². The molecule has 3 aromatic rings. The van der Waals surface area contributed by atoms with Crippen LogP contribution in [-0.4, -0.2) is 31.9 Å². The first kappa shape index (κ1) is 24.3. The van der Waals surface area contributed by atoms with Gasteiger partial charge in [-0.2, -0.15) is 0 Å². The predicted molar refractivity (Wildman–Crippen MR) is 131 cm³/mol. The summed E-state index contributed by atoms with van der Waals surface area (Å²) in [4.78, 5) is 29.3. The van der Waals surface area contributed by atoms with Crippen LogP contribution >= 0.6 is 0 Å². The van der Waals surface area contributed by atoms with E-state index in [0.29, 0.717) is 17.1 Å². The minimum absolute atomic E-state index is 0.143. The van der Waals surface area contributed by atoms with Gasteiger partial charge >= 0.3 is 5.97 Å². The van der Waals surface area contributed by atoms with Gasteiger partial charge in [0.1, 0.15) is 11.5 Å². The SMILES string of the molecule is Cc1ccc(C(CC(=O)O)NC(=O)c2ccn3c(NC(C)(C)C)c(CC(C)C)nc3c2)cc1. The molecule has 0 aliphatic heterocycles. The summed E-state index contributed by atoms with van der Waals surface area (Å²) in [6, 6.07) is 10.4. The molecule has 0 saturated heterocycles. The number of aliphatic carboxylic acids is 1. The van der Waals surface area contributed by atoms with Crippen LogP contribution in [0.2, 0.25) is 0 Å². The molecule has 0 saturated carbocycles. The van der Waals surface area contributed by atoms with Crippen molar-refractivity contribution in [1.82, 2.24) is 14.7 Å². The summed E-state index contributed by atoms with van der Waals surface area (Å²) in [5, 5.41) is 15.8. The number of nitrogens with one attached hydrogen (secondary N) is 2. The molecule has 1 unspecified atom stereocenters. The highest BCUT2D eigenvalue weighted by Crippen LogP contribution is 2.25. The van der Waals surface area contributed by atoms with Crippen LogP contribution in [0.15, 0.2) is 42.6 Å². The maximum absolute atomic E-state index is 13.1. The van der Waals surface area contributed by atoms with Gasteiger partial charge in [-0.1, -0.05) is 43.7 Å². The van der Waals surface area contributed by atoms with Crippen LogP contribution in [0.5, 0.6) is 0 Å². The second-order valence-electron chi connectivity index (χ2n) is 10.1. The fourth-order valence-corrected chi connectivity index (χ4v) is 3.72. The topological polar surface area (TPSA) is 95.7 Å². The lowest BCUT2D eigenvalue weighted by Crippen LogP contribution is -2.30. The minimum Gasteiger partial charge on any atom is -0.481 e. The maximum atomic E-state index is 13.1. The Morgan fingerprint density at radius 3 is 2.36 bits per heavy atom. The average Bonchev–Trinajstić information content (AvgIpc) is 3.01. The molecule has 1 amide bonds. The van der Waals surface area contributed by atoms with E-state index in [4.69, 9.17) is 4.98 Å². The number of aryl methyl sites for hydroxylation is 1. The lowest BCUT2D eigenvalue weighted by molar-refractivity contribution is -0.137. The van der Waals surface area contributed by atoms with E-state index in [1.165, 1.54) is 0 Å². The molecule has 0 radical (unpaired) electrons. The molecule has 2 aromatic heterocycles. The van der Waals surface area contributed by atoms with E-state index in [2.05, 4.69) is 45.3 Å². The predicted octanol–water partition coefficient (Wildman–Crippen LogP) is 5.00. The Morgan fingerprint density at radius 2 is 1.79 bits per heavy atom. The van der Waals surface area contributed by atoms with Crippen molar-refractivity contribution in [2.75, 3.05) is 5.32 Å². The Hall–Kier alpha value is -3.35. The molecular formula is C26H34N4O3. The van der Waals surface area contributed by atoms with E-state index in [1.54, 1.807) is 12.1 Å². The van der Waals surface area contributed by atoms with Crippen molar-refractivity contribution < 1.29 is 14.7 Å². The van der Waals surface area contributed by atoms with Gasteiger partial charge < -0.3 is 15.7 Å². The van der Waals surface area contributed by atoms with Crippen molar-refractivity contribution in [1.29, 1.82) is 0 Å². The first-order valence-electron chi connectivity index (χ1n) is 11.3. The summed E-state index contributed by atoms with van der Waals surface area (Å²) in [7, 11) is 0. The van der Waals surface area contributed by atoms with Gasteiger partial charge in [0.05, 0.1) is 18.2 Å². The molecule has 7 heteroatoms. The molecule has 1 atom stereocenters. The van der Waals surface area contributed by atoms with Crippen molar-refractivity contribution in [3.05, 3.63) is 65.0 Å². The van der Waals surface area contributed by atoms with Gasteiger partial charge in [0, 0.05) is 17.3 Å². The maximum Gasteiger partial charge on any atom is 0.305 e. The third-order valence-corrected chi connectivity index (χ3v) is 5.22. The Morgan fingerprint density at radius 1 is 1.12 bits per heavy atom. The number of carbonyl (C=O) groups is 2. The fourth-order valence-electron chi connectivity index (χ4n) is 3.72. The van der Waals surface area contributed by atoms with Crippen molar-refractivity contribution >= 4 is 23.3 Å². The van der Waals surface area contributed by atoms with Crippen molar-refractivity contribution in [2.24, 2.45) is 5.92 Å². The number of amides is 1. The summed E-state index contributed by atoms with van der Waals surface area (Å²) in [5.74, 6) is 0.0647. The molecule has 0 fully saturated rings. The molecule has 0 bridgehead atoms. The van der Waals surface area contributed by atoms with Crippen molar-refractivity contribution in [3.63, 3.8) is 0 Å². The number of carboxylic acids is 1. The van der Waals surface area contributed by atoms with Gasteiger partial charge in [0.15, 0.2) is 0 Å². The molecule has 0 aliphatic carbocycles. The van der Waals surface area contributed by atoms with E-state index >= 15 is 0 Å². The summed E-state index contributed by atoms with van der Waals surface area (Å²) in [6.45, 7) is 12.6. The number of hydrogen-bond acceptors (Lipinski definition) is 4. The number of carbonyl (C=O) groups excluding carboxylic acids is 1. The normalized spacial score (nSPS) is 12.7. The molecule has 33 heavy (non-hydrogen) atoms. The summed E-state index contributed by atoms with van der Waals surface area (Å²) < 4.78 is 1.97. The number of nitrogens with zero attached hydrogens (tertiary/aromatic N) is 2. The Balaban J connectivity index is 1.92. The highest BCUT2D eigenvalue weighted by atomic mass is 16.4. The molecule has 7 nitrogen and oxygen atoms in total. The van der Waals surface area contributed by atoms with E-state index in [-0.39, 0.29) is 17.9 Å². The van der Waals surface area contributed by atoms with E-state index in [9.17, 15) is 14.7 Å². The highest BCUT2D eigenvalue weighted by molar-refractivity contribution is 5.95. The molecule has 0 spiro atoms. The molecule has 0 aliphatic rings. The second kappa shape index (κ2) is 9.65. The van der Waals surface area contributed by atoms with Crippen LogP contribution < -0.4 is 10.6 Å². The summed E-state index contributed by atoms with van der Waals surface area (Å²) in [5.41, 5.74) is 3.76. The number of pyridine rings is 1. The van der Waals surface area contributed by atoms with E-state index < -0.39 is 12.0 Å². The van der Waals surface area contributed by atoms with Crippen molar-refractivity contribution in [3.8, 4) is 0 Å². The third-order valence-electron chi connectivity index (χ3n) is 5.22. The highest BCUT2D eigenvalue weighted by Gasteiger charge is 2.22. The first-order chi connectivity index (χ1) is 15.4. The summed E-state index contributed by atoms with van der Waals surface area (Å²) in [6.07, 6.45) is 2.46.